The van der Waals surface area contributed by atoms with E-state index in [-0.39, 0.29) is 27.8 Å². The summed E-state index contributed by atoms with van der Waals surface area (Å²) in [6, 6.07) is 46.8. The molecule has 20 aromatic heterocycles. The number of anilines is 2. The van der Waals surface area contributed by atoms with Crippen LogP contribution in [0.3, 0.4) is 0 Å². The third kappa shape index (κ3) is 20.7. The molecular formula is C114H118N28O6. The van der Waals surface area contributed by atoms with Crippen LogP contribution in [0.2, 0.25) is 0 Å². The van der Waals surface area contributed by atoms with Crippen molar-refractivity contribution >= 4 is 84.4 Å². The van der Waals surface area contributed by atoms with Gasteiger partial charge in [-0.3, -0.25) is 60.8 Å². The summed E-state index contributed by atoms with van der Waals surface area (Å²) in [5.74, 6) is 0. The molecule has 34 heteroatoms. The minimum absolute atomic E-state index is 0.0677. The molecule has 26 heterocycles. The molecule has 34 nitrogen and oxygen atoms in total. The molecule has 20 aromatic rings. The number of likely N-dealkylation sites (N-methyl/N-ethyl adjacent to an activating group) is 2. The highest BCUT2D eigenvalue weighted by atomic mass is 16.5. The summed E-state index contributed by atoms with van der Waals surface area (Å²) in [5.41, 5.74) is 29.7. The van der Waals surface area contributed by atoms with Crippen LogP contribution in [0.5, 0.6) is 0 Å². The molecule has 0 bridgehead atoms. The van der Waals surface area contributed by atoms with Gasteiger partial charge in [-0.25, -0.2) is 49.4 Å². The Morgan fingerprint density at radius 3 is 1.11 bits per heavy atom. The fourth-order valence-electron chi connectivity index (χ4n) is 20.9. The average Bonchev–Trinajstić information content (AvgIpc) is 1.66. The number of imidazole rings is 4. The quantitative estimate of drug-likeness (QED) is 0.112. The minimum Gasteiger partial charge on any atom is -0.379 e. The van der Waals surface area contributed by atoms with Crippen molar-refractivity contribution < 1.29 is 4.74 Å². The lowest BCUT2D eigenvalue weighted by Gasteiger charge is -2.40. The lowest BCUT2D eigenvalue weighted by atomic mass is 10.0. The van der Waals surface area contributed by atoms with Crippen LogP contribution in [0.25, 0.3) is 129 Å². The molecule has 6 aliphatic rings. The molecule has 6 aliphatic heterocycles. The van der Waals surface area contributed by atoms with Gasteiger partial charge in [-0.1, -0.05) is 25.2 Å². The van der Waals surface area contributed by atoms with E-state index < -0.39 is 0 Å². The van der Waals surface area contributed by atoms with Crippen molar-refractivity contribution in [3.63, 3.8) is 0 Å². The molecule has 1 N–H and O–H groups in total. The zero-order valence-electron chi connectivity index (χ0n) is 84.9. The van der Waals surface area contributed by atoms with Crippen molar-refractivity contribution in [3.05, 3.63) is 353 Å². The highest BCUT2D eigenvalue weighted by molar-refractivity contribution is 5.74. The van der Waals surface area contributed by atoms with Gasteiger partial charge in [0.1, 0.15) is 56.5 Å². The molecule has 0 unspecified atom stereocenters. The molecule has 750 valence electrons. The second-order valence-corrected chi connectivity index (χ2v) is 39.5. The number of pyridine rings is 9. The molecule has 0 aromatic carbocycles. The van der Waals surface area contributed by atoms with Gasteiger partial charge in [0, 0.05) is 217 Å². The Morgan fingerprint density at radius 2 is 0.723 bits per heavy atom. The maximum atomic E-state index is 13.0. The predicted octanol–water partition coefficient (Wildman–Crippen LogP) is 14.3. The molecule has 0 spiro atoms. The van der Waals surface area contributed by atoms with E-state index in [2.05, 4.69) is 135 Å². The summed E-state index contributed by atoms with van der Waals surface area (Å²) < 4.78 is 23.4. The van der Waals surface area contributed by atoms with Crippen LogP contribution in [-0.4, -0.2) is 250 Å². The van der Waals surface area contributed by atoms with Gasteiger partial charge in [0.2, 0.25) is 0 Å². The number of nitrogens with zero attached hydrogens (tertiary/aromatic N) is 27. The maximum Gasteiger partial charge on any atom is 0.258 e. The SMILES string of the molecule is CCN1CC=C(c2ccc3nc(-c4ccc5nc(C)cn5c4)cc(=O)n3c2)CC1.Cc1cn2cc(-c3cc(=O)n4cc(C5=CCN(C)CC5)ccc4n3)ccc2n1.Cc1cn2cc(-c3cc(=O)n4cc(C5=CCNCC5)ccc4n3)ccc2n1.Cc1cn2cc(-c3cc(=O)n4cc(N5CCC(N(C)C)CC5)ccc4n3)ccc2n1.Cc1cn2nc(-c3cc(=O)n4cc(N5CCC(N6CCOCC6)CC5)ccc4n3)cc2c(C)n1. The Balaban J connectivity index is 0.000000105. The molecule has 26 rings (SSSR count). The van der Waals surface area contributed by atoms with E-state index in [9.17, 15) is 24.0 Å². The van der Waals surface area contributed by atoms with Gasteiger partial charge in [-0.15, -0.1) is 0 Å². The van der Waals surface area contributed by atoms with Crippen molar-refractivity contribution in [2.75, 3.05) is 129 Å². The molecule has 0 atom stereocenters. The van der Waals surface area contributed by atoms with Gasteiger partial charge in [0.25, 0.3) is 27.8 Å². The first-order valence-corrected chi connectivity index (χ1v) is 50.9. The maximum absolute atomic E-state index is 13.0. The van der Waals surface area contributed by atoms with E-state index >= 15 is 0 Å². The van der Waals surface area contributed by atoms with Crippen LogP contribution >= 0.6 is 0 Å². The van der Waals surface area contributed by atoms with E-state index in [4.69, 9.17) is 29.7 Å². The van der Waals surface area contributed by atoms with Gasteiger partial charge in [-0.05, 0) is 269 Å². The second-order valence-electron chi connectivity index (χ2n) is 39.5. The van der Waals surface area contributed by atoms with E-state index in [1.54, 1.807) is 56.9 Å². The normalized spacial score (nSPS) is 15.9. The zero-order valence-corrected chi connectivity index (χ0v) is 84.9. The average molecular weight is 1980 g/mol. The largest absolute Gasteiger partial charge is 0.379 e. The number of rotatable bonds is 13. The highest BCUT2D eigenvalue weighted by Crippen LogP contribution is 2.33. The third-order valence-electron chi connectivity index (χ3n) is 29.0. The molecule has 3 fully saturated rings. The number of aryl methyl sites for hydroxylation is 6. The first kappa shape index (κ1) is 96.5. The van der Waals surface area contributed by atoms with Crippen molar-refractivity contribution in [2.45, 2.75) is 105 Å². The monoisotopic (exact) mass is 1970 g/mol. The van der Waals surface area contributed by atoms with Crippen molar-refractivity contribution in [3.8, 4) is 56.4 Å². The molecular weight excluding hydrogens is 1860 g/mol. The molecule has 0 saturated carbocycles. The summed E-state index contributed by atoms with van der Waals surface area (Å²) in [7, 11) is 6.40. The van der Waals surface area contributed by atoms with Gasteiger partial charge in [0.05, 0.1) is 98.9 Å². The summed E-state index contributed by atoms with van der Waals surface area (Å²) in [4.78, 5) is 125. The number of aromatic nitrogens is 21. The van der Waals surface area contributed by atoms with Crippen molar-refractivity contribution in [2.24, 2.45) is 0 Å². The van der Waals surface area contributed by atoms with Crippen LogP contribution in [0, 0.1) is 41.5 Å². The Hall–Kier alpha value is -16.2. The van der Waals surface area contributed by atoms with Gasteiger partial charge in [-0.2, -0.15) is 5.10 Å². The summed E-state index contributed by atoms with van der Waals surface area (Å²) in [5, 5.41) is 7.94. The Bertz CT molecular complexity index is 8950. The Kier molecular flexibility index (Phi) is 27.0. The fraction of sp³-hybridized carbons (Fsp3) is 0.298. The highest BCUT2D eigenvalue weighted by Gasteiger charge is 2.29. The van der Waals surface area contributed by atoms with Gasteiger partial charge in [0.15, 0.2) is 0 Å². The van der Waals surface area contributed by atoms with E-state index in [0.717, 1.165) is 256 Å². The van der Waals surface area contributed by atoms with Crippen LogP contribution < -0.4 is 42.9 Å². The molecule has 0 radical (unpaired) electrons. The Morgan fingerprint density at radius 1 is 0.351 bits per heavy atom. The number of piperidine rings is 2. The topological polar surface area (TPSA) is 312 Å². The summed E-state index contributed by atoms with van der Waals surface area (Å²) in [6.07, 6.45) is 41.4. The first-order chi connectivity index (χ1) is 71.9. The number of hydrogen-bond donors (Lipinski definition) is 1. The van der Waals surface area contributed by atoms with Crippen molar-refractivity contribution in [1.82, 2.24) is 124 Å². The first-order valence-electron chi connectivity index (χ1n) is 50.9. The van der Waals surface area contributed by atoms with Crippen LogP contribution in [0.15, 0.2) is 275 Å². The lowest BCUT2D eigenvalue weighted by Crippen LogP contribution is -2.49. The Labute approximate surface area is 852 Å². The zero-order chi connectivity index (χ0) is 102. The number of hydrogen-bond acceptors (Lipinski definition) is 24. The van der Waals surface area contributed by atoms with Gasteiger partial charge >= 0.3 is 0 Å². The standard InChI is InChI=1S/C25H29N7O2.C23H26N6O.C23H23N5O.C22H21N5O.C21H19N5O/c1-17-15-32-23(18(2)26-17)13-22(28-32)21-14-25(33)31-16-20(3-4-24(31)27-21)29-7-5-19(6-8-29)30-9-11-34-12-10-30;1-16-13-28-14-17(4-6-21(28)24-16)20-12-23(30)29-15-19(5-7-22(29)25-20)27-10-8-18(9-11-27)26(2)3;1-3-26-10-8-17(9-11-26)18-4-7-22-25-20(12-23(29)28(22)15-18)19-5-6-21-24-16(2)13-27(21)14-19;1-15-12-26-13-18(4-5-20(26)23-15)19-11-22(28)27-14-17(3-6-21(27)24-19)16-7-9-25(2)10-8-16;1-14-11-25-12-17(3-4-19(25)23-14)18-10-21(27)26-13-16(2-5-20(26)24-18)15-6-8-22-9-7-15/h3-4,13-16,19H,5-12H2,1-2H3;4-7,12-15,18H,8-11H2,1-3H3;4-8,12-15H,3,9-11H2,1-2H3;3-7,11-14H,8-10H2,1-2H3;2-6,10-13,22H,7-9H2,1H3. The predicted molar refractivity (Wildman–Crippen MR) is 581 cm³/mol. The number of ether oxygens (including phenoxy) is 1. The summed E-state index contributed by atoms with van der Waals surface area (Å²) in [6.45, 7) is 28.6. The second kappa shape index (κ2) is 41.3. The number of nitrogens with one attached hydrogen (secondary N) is 1. The minimum atomic E-state index is -0.104. The summed E-state index contributed by atoms with van der Waals surface area (Å²) >= 11 is 0. The molecule has 3 saturated heterocycles. The van der Waals surface area contributed by atoms with Crippen LogP contribution in [0.4, 0.5) is 11.4 Å². The van der Waals surface area contributed by atoms with Crippen molar-refractivity contribution in [1.29, 1.82) is 0 Å². The number of morpholine rings is 1. The van der Waals surface area contributed by atoms with Crippen LogP contribution in [-0.2, 0) is 4.74 Å². The smallest absolute Gasteiger partial charge is 0.258 e. The fourth-order valence-corrected chi connectivity index (χ4v) is 20.9. The van der Waals surface area contributed by atoms with E-state index in [1.165, 1.54) is 16.7 Å². The third-order valence-corrected chi connectivity index (χ3v) is 29.0. The molecule has 0 amide bonds. The van der Waals surface area contributed by atoms with E-state index in [1.807, 2.05) is 237 Å². The molecule has 0 aliphatic carbocycles. The van der Waals surface area contributed by atoms with Crippen LogP contribution in [0.1, 0.15) is 103 Å². The number of fused-ring (bicyclic) bond motifs is 10. The lowest BCUT2D eigenvalue weighted by molar-refractivity contribution is 0.0115. The molecule has 148 heavy (non-hydrogen) atoms. The van der Waals surface area contributed by atoms with Gasteiger partial charge < -0.3 is 47.3 Å². The van der Waals surface area contributed by atoms with E-state index in [0.29, 0.717) is 74.5 Å².